The van der Waals surface area contributed by atoms with Gasteiger partial charge in [0.25, 0.3) is 0 Å². The minimum absolute atomic E-state index is 0.142. The first-order valence-corrected chi connectivity index (χ1v) is 8.85. The van der Waals surface area contributed by atoms with Crippen LogP contribution in [0, 0.1) is 6.92 Å². The summed E-state index contributed by atoms with van der Waals surface area (Å²) in [6.45, 7) is 7.47. The van der Waals surface area contributed by atoms with Crippen molar-refractivity contribution in [1.29, 1.82) is 0 Å². The molecule has 2 aromatic rings. The van der Waals surface area contributed by atoms with Gasteiger partial charge in [-0.15, -0.1) is 0 Å². The molecule has 0 spiro atoms. The van der Waals surface area contributed by atoms with Crippen LogP contribution in [-0.2, 0) is 13.1 Å². The van der Waals surface area contributed by atoms with Gasteiger partial charge < -0.3 is 20.1 Å². The molecular formula is C21H29N3O2. The topological polar surface area (TPSA) is 54.9 Å². The van der Waals surface area contributed by atoms with E-state index in [0.29, 0.717) is 13.1 Å². The highest BCUT2D eigenvalue weighted by molar-refractivity contribution is 5.79. The van der Waals surface area contributed by atoms with Gasteiger partial charge in [-0.2, -0.15) is 0 Å². The second-order valence-electron chi connectivity index (χ2n) is 6.41. The number of ether oxygens (including phenoxy) is 2. The van der Waals surface area contributed by atoms with E-state index in [1.807, 2.05) is 38.1 Å². The van der Waals surface area contributed by atoms with E-state index < -0.39 is 0 Å². The van der Waals surface area contributed by atoms with Gasteiger partial charge in [0.1, 0.15) is 11.5 Å². The molecule has 0 saturated carbocycles. The monoisotopic (exact) mass is 355 g/mol. The second kappa shape index (κ2) is 9.70. The molecule has 140 valence electrons. The lowest BCUT2D eigenvalue weighted by atomic mass is 10.1. The van der Waals surface area contributed by atoms with Crippen LogP contribution in [-0.4, -0.2) is 26.2 Å². The molecule has 26 heavy (non-hydrogen) atoms. The molecule has 2 N–H and O–H groups in total. The van der Waals surface area contributed by atoms with Gasteiger partial charge in [0.15, 0.2) is 5.96 Å². The first-order chi connectivity index (χ1) is 12.5. The molecule has 0 unspecified atom stereocenters. The van der Waals surface area contributed by atoms with Crippen LogP contribution in [0.15, 0.2) is 47.5 Å². The second-order valence-corrected chi connectivity index (χ2v) is 6.41. The Hall–Kier alpha value is -2.69. The highest BCUT2D eigenvalue weighted by Crippen LogP contribution is 2.21. The van der Waals surface area contributed by atoms with Gasteiger partial charge in [0.2, 0.25) is 0 Å². The fourth-order valence-electron chi connectivity index (χ4n) is 2.50. The number of guanidine groups is 1. The first kappa shape index (κ1) is 19.6. The molecule has 0 aliphatic carbocycles. The van der Waals surface area contributed by atoms with E-state index in [2.05, 4.69) is 40.7 Å². The number of rotatable bonds is 7. The van der Waals surface area contributed by atoms with Crippen molar-refractivity contribution in [2.24, 2.45) is 4.99 Å². The van der Waals surface area contributed by atoms with Gasteiger partial charge in [-0.05, 0) is 50.1 Å². The lowest BCUT2D eigenvalue weighted by Crippen LogP contribution is -2.36. The number of benzene rings is 2. The van der Waals surface area contributed by atoms with Crippen LogP contribution in [0.4, 0.5) is 0 Å². The van der Waals surface area contributed by atoms with E-state index in [-0.39, 0.29) is 6.10 Å². The Morgan fingerprint density at radius 3 is 2.35 bits per heavy atom. The third-order valence-electron chi connectivity index (χ3n) is 3.87. The summed E-state index contributed by atoms with van der Waals surface area (Å²) in [6.07, 6.45) is 0.142. The minimum Gasteiger partial charge on any atom is -0.497 e. The number of methoxy groups -OCH3 is 1. The molecule has 2 aromatic carbocycles. The van der Waals surface area contributed by atoms with Gasteiger partial charge >= 0.3 is 0 Å². The maximum atomic E-state index is 5.93. The van der Waals surface area contributed by atoms with Crippen LogP contribution in [0.2, 0.25) is 0 Å². The Bertz CT molecular complexity index is 725. The van der Waals surface area contributed by atoms with E-state index >= 15 is 0 Å². The maximum Gasteiger partial charge on any atom is 0.191 e. The average Bonchev–Trinajstić information content (AvgIpc) is 2.63. The summed E-state index contributed by atoms with van der Waals surface area (Å²) in [5.74, 6) is 2.52. The fraction of sp³-hybridized carbons (Fsp3) is 0.381. The third-order valence-corrected chi connectivity index (χ3v) is 3.87. The quantitative estimate of drug-likeness (QED) is 0.588. The standard InChI is InChI=1S/C21H29N3O2/c1-15(2)26-20-12-16(3)6-9-18(20)14-24-21(22-4)23-13-17-7-10-19(25-5)11-8-17/h6-12,15H,13-14H2,1-5H3,(H2,22,23,24). The van der Waals surface area contributed by atoms with Crippen molar-refractivity contribution in [3.05, 3.63) is 59.2 Å². The molecular weight excluding hydrogens is 326 g/mol. The molecule has 0 saturated heterocycles. The van der Waals surface area contributed by atoms with Gasteiger partial charge in [-0.3, -0.25) is 4.99 Å². The van der Waals surface area contributed by atoms with E-state index in [9.17, 15) is 0 Å². The van der Waals surface area contributed by atoms with Crippen molar-refractivity contribution in [2.75, 3.05) is 14.2 Å². The molecule has 5 heteroatoms. The summed E-state index contributed by atoms with van der Waals surface area (Å²) in [4.78, 5) is 4.29. The smallest absolute Gasteiger partial charge is 0.191 e. The van der Waals surface area contributed by atoms with E-state index in [1.54, 1.807) is 14.2 Å². The Morgan fingerprint density at radius 1 is 1.04 bits per heavy atom. The van der Waals surface area contributed by atoms with Crippen LogP contribution in [0.5, 0.6) is 11.5 Å². The molecule has 2 rings (SSSR count). The Balaban J connectivity index is 1.94. The van der Waals surface area contributed by atoms with Crippen molar-refractivity contribution >= 4 is 5.96 Å². The van der Waals surface area contributed by atoms with Crippen LogP contribution in [0.25, 0.3) is 0 Å². The number of aliphatic imine (C=N–C) groups is 1. The summed E-state index contributed by atoms with van der Waals surface area (Å²) in [7, 11) is 3.44. The van der Waals surface area contributed by atoms with Crippen LogP contribution in [0.1, 0.15) is 30.5 Å². The zero-order chi connectivity index (χ0) is 18.9. The summed E-state index contributed by atoms with van der Waals surface area (Å²) in [6, 6.07) is 14.2. The number of aryl methyl sites for hydroxylation is 1. The molecule has 0 aromatic heterocycles. The largest absolute Gasteiger partial charge is 0.497 e. The van der Waals surface area contributed by atoms with Crippen molar-refractivity contribution < 1.29 is 9.47 Å². The predicted molar refractivity (Wildman–Crippen MR) is 107 cm³/mol. The minimum atomic E-state index is 0.142. The normalized spacial score (nSPS) is 11.4. The molecule has 0 amide bonds. The molecule has 0 radical (unpaired) electrons. The number of hydrogen-bond acceptors (Lipinski definition) is 3. The molecule has 0 heterocycles. The van der Waals surface area contributed by atoms with Crippen molar-refractivity contribution in [1.82, 2.24) is 10.6 Å². The molecule has 0 atom stereocenters. The van der Waals surface area contributed by atoms with Crippen molar-refractivity contribution in [3.8, 4) is 11.5 Å². The molecule has 0 aliphatic heterocycles. The Labute approximate surface area is 156 Å². The Morgan fingerprint density at radius 2 is 1.73 bits per heavy atom. The SMILES string of the molecule is CN=C(NCc1ccc(OC)cc1)NCc1ccc(C)cc1OC(C)C. The van der Waals surface area contributed by atoms with Crippen LogP contribution < -0.4 is 20.1 Å². The molecule has 0 aliphatic rings. The average molecular weight is 355 g/mol. The van der Waals surface area contributed by atoms with E-state index in [1.165, 1.54) is 5.56 Å². The number of nitrogens with zero attached hydrogens (tertiary/aromatic N) is 1. The summed E-state index contributed by atoms with van der Waals surface area (Å²) in [5.41, 5.74) is 3.45. The maximum absolute atomic E-state index is 5.93. The highest BCUT2D eigenvalue weighted by Gasteiger charge is 2.07. The van der Waals surface area contributed by atoms with E-state index in [0.717, 1.165) is 28.6 Å². The third kappa shape index (κ3) is 5.99. The van der Waals surface area contributed by atoms with Gasteiger partial charge in [-0.25, -0.2) is 0 Å². The highest BCUT2D eigenvalue weighted by atomic mass is 16.5. The zero-order valence-corrected chi connectivity index (χ0v) is 16.3. The predicted octanol–water partition coefficient (Wildman–Crippen LogP) is 3.66. The van der Waals surface area contributed by atoms with Crippen molar-refractivity contribution in [3.63, 3.8) is 0 Å². The Kier molecular flexibility index (Phi) is 7.33. The van der Waals surface area contributed by atoms with Crippen LogP contribution in [0.3, 0.4) is 0 Å². The molecule has 0 fully saturated rings. The summed E-state index contributed by atoms with van der Waals surface area (Å²) >= 11 is 0. The number of nitrogens with one attached hydrogen (secondary N) is 2. The van der Waals surface area contributed by atoms with Crippen LogP contribution >= 0.6 is 0 Å². The van der Waals surface area contributed by atoms with Gasteiger partial charge in [0.05, 0.1) is 13.2 Å². The first-order valence-electron chi connectivity index (χ1n) is 8.85. The zero-order valence-electron chi connectivity index (χ0n) is 16.3. The van der Waals surface area contributed by atoms with Gasteiger partial charge in [0, 0.05) is 25.7 Å². The summed E-state index contributed by atoms with van der Waals surface area (Å²) in [5, 5.41) is 6.67. The van der Waals surface area contributed by atoms with E-state index in [4.69, 9.17) is 9.47 Å². The summed E-state index contributed by atoms with van der Waals surface area (Å²) < 4.78 is 11.1. The lowest BCUT2D eigenvalue weighted by molar-refractivity contribution is 0.239. The number of hydrogen-bond donors (Lipinski definition) is 2. The molecule has 0 bridgehead atoms. The fourth-order valence-corrected chi connectivity index (χ4v) is 2.50. The lowest BCUT2D eigenvalue weighted by Gasteiger charge is -2.17. The van der Waals surface area contributed by atoms with Crippen molar-refractivity contribution in [2.45, 2.75) is 40.0 Å². The molecule has 5 nitrogen and oxygen atoms in total. The van der Waals surface area contributed by atoms with Gasteiger partial charge in [-0.1, -0.05) is 24.3 Å².